The first-order valence-corrected chi connectivity index (χ1v) is 11.2. The number of aromatic nitrogens is 2. The number of nitrogens with zero attached hydrogens (tertiary/aromatic N) is 3. The van der Waals surface area contributed by atoms with E-state index in [0.29, 0.717) is 36.2 Å². The molecule has 1 aliphatic heterocycles. The van der Waals surface area contributed by atoms with Gasteiger partial charge in [0.25, 0.3) is 0 Å². The number of fused-ring (bicyclic) bond motifs is 1. The lowest BCUT2D eigenvalue weighted by molar-refractivity contribution is -0.123. The third-order valence-corrected chi connectivity index (χ3v) is 5.79. The van der Waals surface area contributed by atoms with Gasteiger partial charge in [-0.1, -0.05) is 72.4 Å². The number of rotatable bonds is 6. The molecule has 1 amide bonds. The third kappa shape index (κ3) is 4.54. The van der Waals surface area contributed by atoms with E-state index in [-0.39, 0.29) is 17.4 Å². The minimum atomic E-state index is -0.661. The van der Waals surface area contributed by atoms with Crippen LogP contribution in [0.4, 0.5) is 11.6 Å². The Kier molecular flexibility index (Phi) is 6.18. The molecule has 0 aliphatic carbocycles. The maximum absolute atomic E-state index is 13.1. The zero-order valence-electron chi connectivity index (χ0n) is 17.2. The summed E-state index contributed by atoms with van der Waals surface area (Å²) in [7, 11) is 0. The second-order valence-corrected chi connectivity index (χ2v) is 8.10. The molecule has 0 bridgehead atoms. The van der Waals surface area contributed by atoms with E-state index >= 15 is 0 Å². The van der Waals surface area contributed by atoms with E-state index < -0.39 is 5.92 Å². The van der Waals surface area contributed by atoms with E-state index in [1.54, 1.807) is 0 Å². The maximum atomic E-state index is 13.1. The second-order valence-electron chi connectivity index (χ2n) is 7.33. The summed E-state index contributed by atoms with van der Waals surface area (Å²) in [6.07, 6.45) is 1.89. The monoisotopic (exact) mass is 432 g/mol. The highest BCUT2D eigenvalue weighted by Gasteiger charge is 2.37. The van der Waals surface area contributed by atoms with Crippen LogP contribution >= 0.6 is 11.8 Å². The summed E-state index contributed by atoms with van der Waals surface area (Å²) in [4.78, 5) is 24.0. The Morgan fingerprint density at radius 2 is 1.77 bits per heavy atom. The Balaban J connectivity index is 1.64. The first-order valence-electron chi connectivity index (χ1n) is 9.97. The molecule has 3 aromatic rings. The molecule has 1 atom stereocenters. The lowest BCUT2D eigenvalue weighted by atomic mass is 9.91. The number of benzene rings is 2. The van der Waals surface area contributed by atoms with Crippen molar-refractivity contribution in [3.63, 3.8) is 0 Å². The summed E-state index contributed by atoms with van der Waals surface area (Å²) in [5, 5.41) is 12.2. The quantitative estimate of drug-likeness (QED) is 0.408. The highest BCUT2D eigenvalue weighted by molar-refractivity contribution is 7.98. The van der Waals surface area contributed by atoms with Gasteiger partial charge in [-0.3, -0.25) is 4.79 Å². The van der Waals surface area contributed by atoms with E-state index in [0.717, 1.165) is 11.1 Å². The first kappa shape index (κ1) is 20.9. The van der Waals surface area contributed by atoms with Gasteiger partial charge in [0.1, 0.15) is 11.6 Å². The molecule has 0 saturated carbocycles. The number of hydrogen-bond acceptors (Lipinski definition) is 7. The predicted octanol–water partition coefficient (Wildman–Crippen LogP) is 3.10. The molecule has 158 valence electrons. The number of carbonyl (C=O) groups excluding carboxylic acids is 1. The van der Waals surface area contributed by atoms with Gasteiger partial charge in [-0.2, -0.15) is 0 Å². The minimum absolute atomic E-state index is 0.162. The minimum Gasteiger partial charge on any atom is -0.383 e. The molecule has 4 rings (SSSR count). The number of anilines is 2. The Hall–Kier alpha value is -3.39. The van der Waals surface area contributed by atoms with Crippen molar-refractivity contribution in [3.05, 3.63) is 77.4 Å². The molecular weight excluding hydrogens is 408 g/mol. The van der Waals surface area contributed by atoms with Crippen molar-refractivity contribution in [2.75, 3.05) is 23.4 Å². The Morgan fingerprint density at radius 1 is 1.13 bits per heavy atom. The van der Waals surface area contributed by atoms with Gasteiger partial charge in [-0.25, -0.2) is 9.97 Å². The summed E-state index contributed by atoms with van der Waals surface area (Å²) < 4.78 is 0. The van der Waals surface area contributed by atoms with Gasteiger partial charge in [-0.15, -0.1) is 0 Å². The SMILES string of the molecule is CSc1nc(N)c2c(n1)N(Cc1ccccc1)CC(C(=O)NCc1ccccc1)C2=N. The third-order valence-electron chi connectivity index (χ3n) is 5.24. The normalized spacial score (nSPS) is 15.5. The standard InChI is InChI=1S/C23H24N6OS/c1-31-23-27-20(25)18-19(24)17(22(30)26-12-15-8-4-2-5-9-15)14-29(21(18)28-23)13-16-10-6-3-7-11-16/h2-11,17,24H,12-14H2,1H3,(H,26,30)(H2,25,27,28). The molecule has 0 radical (unpaired) electrons. The van der Waals surface area contributed by atoms with Crippen LogP contribution in [0.5, 0.6) is 0 Å². The van der Waals surface area contributed by atoms with E-state index in [2.05, 4.69) is 15.3 Å². The molecule has 2 aromatic carbocycles. The van der Waals surface area contributed by atoms with Gasteiger partial charge < -0.3 is 21.4 Å². The Morgan fingerprint density at radius 3 is 2.42 bits per heavy atom. The number of amides is 1. The number of nitrogens with two attached hydrogens (primary N) is 1. The second kappa shape index (κ2) is 9.18. The van der Waals surface area contributed by atoms with Crippen LogP contribution in [0.1, 0.15) is 16.7 Å². The summed E-state index contributed by atoms with van der Waals surface area (Å²) in [5.41, 5.74) is 8.93. The molecule has 0 saturated heterocycles. The van der Waals surface area contributed by atoms with E-state index in [1.807, 2.05) is 71.8 Å². The van der Waals surface area contributed by atoms with Gasteiger partial charge >= 0.3 is 0 Å². The number of thioether (sulfide) groups is 1. The van der Waals surface area contributed by atoms with Crippen LogP contribution < -0.4 is 16.0 Å². The summed E-state index contributed by atoms with van der Waals surface area (Å²) in [6.45, 7) is 1.33. The molecule has 0 fully saturated rings. The molecule has 2 heterocycles. The number of nitrogens with one attached hydrogen (secondary N) is 2. The van der Waals surface area contributed by atoms with E-state index in [9.17, 15) is 4.79 Å². The van der Waals surface area contributed by atoms with Crippen molar-refractivity contribution in [3.8, 4) is 0 Å². The van der Waals surface area contributed by atoms with Crippen LogP contribution in [0.25, 0.3) is 0 Å². The van der Waals surface area contributed by atoms with Crippen molar-refractivity contribution in [1.29, 1.82) is 5.41 Å². The zero-order chi connectivity index (χ0) is 21.8. The summed E-state index contributed by atoms with van der Waals surface area (Å²) in [5.74, 6) is -0.0207. The highest BCUT2D eigenvalue weighted by Crippen LogP contribution is 2.34. The van der Waals surface area contributed by atoms with Crippen LogP contribution in [-0.4, -0.2) is 34.4 Å². The Labute approximate surface area is 185 Å². The fraction of sp³-hybridized carbons (Fsp3) is 0.217. The number of hydrogen-bond donors (Lipinski definition) is 3. The van der Waals surface area contributed by atoms with Crippen LogP contribution in [-0.2, 0) is 17.9 Å². The highest BCUT2D eigenvalue weighted by atomic mass is 32.2. The van der Waals surface area contributed by atoms with Crippen molar-refractivity contribution >= 4 is 35.0 Å². The first-order chi connectivity index (χ1) is 15.1. The van der Waals surface area contributed by atoms with Crippen LogP contribution in [0.3, 0.4) is 0 Å². The average molecular weight is 433 g/mol. The maximum Gasteiger partial charge on any atom is 0.231 e. The van der Waals surface area contributed by atoms with Gasteiger partial charge in [-0.05, 0) is 17.4 Å². The fourth-order valence-corrected chi connectivity index (χ4v) is 4.03. The largest absolute Gasteiger partial charge is 0.383 e. The van der Waals surface area contributed by atoms with Gasteiger partial charge in [0, 0.05) is 19.6 Å². The molecule has 7 nitrogen and oxygen atoms in total. The smallest absolute Gasteiger partial charge is 0.231 e. The van der Waals surface area contributed by atoms with Crippen molar-refractivity contribution < 1.29 is 4.79 Å². The van der Waals surface area contributed by atoms with Crippen molar-refractivity contribution in [2.45, 2.75) is 18.2 Å². The van der Waals surface area contributed by atoms with E-state index in [1.165, 1.54) is 11.8 Å². The van der Waals surface area contributed by atoms with Crippen LogP contribution in [0.15, 0.2) is 65.8 Å². The van der Waals surface area contributed by atoms with Gasteiger partial charge in [0.15, 0.2) is 5.16 Å². The lowest BCUT2D eigenvalue weighted by Crippen LogP contribution is -2.47. The molecule has 8 heteroatoms. The lowest BCUT2D eigenvalue weighted by Gasteiger charge is -2.35. The summed E-state index contributed by atoms with van der Waals surface area (Å²) >= 11 is 1.40. The van der Waals surface area contributed by atoms with Gasteiger partial charge in [0.2, 0.25) is 5.91 Å². The Bertz CT molecular complexity index is 1090. The van der Waals surface area contributed by atoms with Crippen molar-refractivity contribution in [2.24, 2.45) is 5.92 Å². The molecule has 1 aromatic heterocycles. The fourth-order valence-electron chi connectivity index (χ4n) is 3.66. The van der Waals surface area contributed by atoms with Crippen molar-refractivity contribution in [1.82, 2.24) is 15.3 Å². The molecule has 31 heavy (non-hydrogen) atoms. The number of carbonyl (C=O) groups is 1. The molecule has 1 unspecified atom stereocenters. The van der Waals surface area contributed by atoms with Gasteiger partial charge in [0.05, 0.1) is 17.2 Å². The van der Waals surface area contributed by atoms with E-state index in [4.69, 9.17) is 11.1 Å². The summed E-state index contributed by atoms with van der Waals surface area (Å²) in [6, 6.07) is 19.7. The van der Waals surface area contributed by atoms with Crippen LogP contribution in [0, 0.1) is 11.3 Å². The zero-order valence-corrected chi connectivity index (χ0v) is 18.0. The topological polar surface area (TPSA) is 108 Å². The predicted molar refractivity (Wildman–Crippen MR) is 124 cm³/mol. The average Bonchev–Trinajstić information content (AvgIpc) is 2.80. The molecule has 0 spiro atoms. The van der Waals surface area contributed by atoms with Crippen LogP contribution in [0.2, 0.25) is 0 Å². The molecular formula is C23H24N6OS. The molecule has 1 aliphatic rings. The molecule has 4 N–H and O–H groups in total. The number of nitrogen functional groups attached to an aromatic ring is 1.